The zero-order valence-corrected chi connectivity index (χ0v) is 17.5. The maximum atomic E-state index is 13.3. The Kier molecular flexibility index (Phi) is 6.32. The van der Waals surface area contributed by atoms with Crippen LogP contribution in [0.1, 0.15) is 71.1 Å². The van der Waals surface area contributed by atoms with Gasteiger partial charge in [0.1, 0.15) is 13.2 Å². The molecule has 6 nitrogen and oxygen atoms in total. The minimum absolute atomic E-state index is 0.0855. The van der Waals surface area contributed by atoms with Crippen LogP contribution in [0.4, 0.5) is 4.39 Å². The SMILES string of the molecule is CC1CCC(C(=O)Cn2ncnn2)CCCC2C1CCC1CC(O)(CF)CCC12. The molecule has 3 aliphatic carbocycles. The van der Waals surface area contributed by atoms with Gasteiger partial charge < -0.3 is 5.11 Å². The summed E-state index contributed by atoms with van der Waals surface area (Å²) in [4.78, 5) is 14.2. The third-order valence-corrected chi connectivity index (χ3v) is 8.35. The number of aliphatic hydroxyl groups is 1. The molecule has 29 heavy (non-hydrogen) atoms. The molecule has 1 aromatic heterocycles. The molecule has 1 heterocycles. The fourth-order valence-electron chi connectivity index (χ4n) is 6.76. The summed E-state index contributed by atoms with van der Waals surface area (Å²) in [6.07, 6.45) is 11.1. The summed E-state index contributed by atoms with van der Waals surface area (Å²) in [5.74, 6) is 3.38. The van der Waals surface area contributed by atoms with E-state index < -0.39 is 12.3 Å². The van der Waals surface area contributed by atoms with Crippen LogP contribution < -0.4 is 0 Å². The van der Waals surface area contributed by atoms with Crippen molar-refractivity contribution in [2.75, 3.05) is 6.67 Å². The van der Waals surface area contributed by atoms with E-state index in [1.54, 1.807) is 0 Å². The number of Topliss-reactive ketones (excluding diaryl/α,β-unsaturated/α-hetero) is 1. The fraction of sp³-hybridized carbons (Fsp3) is 0.909. The summed E-state index contributed by atoms with van der Waals surface area (Å²) in [5, 5.41) is 22.0. The van der Waals surface area contributed by atoms with Gasteiger partial charge in [-0.2, -0.15) is 4.80 Å². The first-order chi connectivity index (χ1) is 14.0. The van der Waals surface area contributed by atoms with Gasteiger partial charge in [-0.25, -0.2) is 4.39 Å². The highest BCUT2D eigenvalue weighted by Crippen LogP contribution is 2.53. The van der Waals surface area contributed by atoms with Crippen molar-refractivity contribution in [3.63, 3.8) is 0 Å². The van der Waals surface area contributed by atoms with Crippen LogP contribution in [0, 0.1) is 35.5 Å². The molecular formula is C22H35FN4O2. The van der Waals surface area contributed by atoms with Gasteiger partial charge in [0.25, 0.3) is 0 Å². The number of carbonyl (C=O) groups excluding carboxylic acids is 1. The highest BCUT2D eigenvalue weighted by Gasteiger charge is 2.47. The maximum Gasteiger partial charge on any atom is 0.162 e. The van der Waals surface area contributed by atoms with Crippen LogP contribution in [0.2, 0.25) is 0 Å². The molecule has 162 valence electrons. The molecule has 1 aromatic rings. The normalized spacial score (nSPS) is 40.8. The largest absolute Gasteiger partial charge is 0.387 e. The van der Waals surface area contributed by atoms with Crippen LogP contribution in [0.15, 0.2) is 6.33 Å². The number of nitrogens with zero attached hydrogens (tertiary/aromatic N) is 4. The molecule has 3 fully saturated rings. The Bertz CT molecular complexity index is 684. The first kappa shape index (κ1) is 20.9. The number of alkyl halides is 1. The molecule has 3 aliphatic rings. The van der Waals surface area contributed by atoms with E-state index in [0.29, 0.717) is 42.4 Å². The Labute approximate surface area is 172 Å². The molecule has 7 unspecified atom stereocenters. The lowest BCUT2D eigenvalue weighted by molar-refractivity contribution is -0.124. The molecule has 1 N–H and O–H groups in total. The molecule has 0 radical (unpaired) electrons. The number of hydrogen-bond acceptors (Lipinski definition) is 5. The molecule has 0 aromatic carbocycles. The second-order valence-corrected chi connectivity index (χ2v) is 10.0. The first-order valence-electron chi connectivity index (χ1n) is 11.5. The highest BCUT2D eigenvalue weighted by molar-refractivity contribution is 5.80. The van der Waals surface area contributed by atoms with E-state index in [-0.39, 0.29) is 18.2 Å². The topological polar surface area (TPSA) is 80.9 Å². The van der Waals surface area contributed by atoms with E-state index in [1.807, 2.05) is 0 Å². The van der Waals surface area contributed by atoms with Gasteiger partial charge in [0.05, 0.1) is 5.60 Å². The third kappa shape index (κ3) is 4.54. The number of halogens is 1. The van der Waals surface area contributed by atoms with E-state index in [0.717, 1.165) is 44.9 Å². The molecule has 0 spiro atoms. The van der Waals surface area contributed by atoms with Crippen molar-refractivity contribution < 1.29 is 14.3 Å². The lowest BCUT2D eigenvalue weighted by atomic mass is 9.56. The quantitative estimate of drug-likeness (QED) is 0.826. The summed E-state index contributed by atoms with van der Waals surface area (Å²) in [6.45, 7) is 1.98. The Morgan fingerprint density at radius 3 is 2.76 bits per heavy atom. The predicted octanol–water partition coefficient (Wildman–Crippen LogP) is 3.60. The van der Waals surface area contributed by atoms with Crippen LogP contribution in [-0.4, -0.2) is 43.4 Å². The molecule has 0 saturated heterocycles. The van der Waals surface area contributed by atoms with Crippen molar-refractivity contribution in [3.8, 4) is 0 Å². The highest BCUT2D eigenvalue weighted by atomic mass is 19.1. The van der Waals surface area contributed by atoms with Crippen molar-refractivity contribution >= 4 is 5.78 Å². The van der Waals surface area contributed by atoms with Crippen molar-refractivity contribution in [2.45, 2.75) is 83.3 Å². The molecule has 7 heteroatoms. The Morgan fingerprint density at radius 2 is 2.00 bits per heavy atom. The van der Waals surface area contributed by atoms with Crippen molar-refractivity contribution in [2.24, 2.45) is 35.5 Å². The molecular weight excluding hydrogens is 371 g/mol. The lowest BCUT2D eigenvalue weighted by Gasteiger charge is -2.51. The number of aromatic nitrogens is 4. The van der Waals surface area contributed by atoms with Gasteiger partial charge in [-0.1, -0.05) is 13.3 Å². The van der Waals surface area contributed by atoms with Crippen LogP contribution in [0.3, 0.4) is 0 Å². The van der Waals surface area contributed by atoms with Gasteiger partial charge in [-0.3, -0.25) is 4.79 Å². The van der Waals surface area contributed by atoms with Crippen LogP contribution in [-0.2, 0) is 11.3 Å². The zero-order valence-electron chi connectivity index (χ0n) is 17.5. The predicted molar refractivity (Wildman–Crippen MR) is 107 cm³/mol. The van der Waals surface area contributed by atoms with Gasteiger partial charge in [-0.05, 0) is 92.6 Å². The Morgan fingerprint density at radius 1 is 1.14 bits per heavy atom. The summed E-state index contributed by atoms with van der Waals surface area (Å²) in [5.41, 5.74) is -1.08. The Hall–Kier alpha value is -1.37. The fourth-order valence-corrected chi connectivity index (χ4v) is 6.76. The second-order valence-electron chi connectivity index (χ2n) is 10.0. The van der Waals surface area contributed by atoms with Crippen LogP contribution in [0.5, 0.6) is 0 Å². The monoisotopic (exact) mass is 406 g/mol. The molecule has 7 atom stereocenters. The van der Waals surface area contributed by atoms with Crippen molar-refractivity contribution in [1.29, 1.82) is 0 Å². The zero-order chi connectivity index (χ0) is 20.4. The van der Waals surface area contributed by atoms with E-state index >= 15 is 0 Å². The van der Waals surface area contributed by atoms with E-state index in [4.69, 9.17) is 0 Å². The first-order valence-corrected chi connectivity index (χ1v) is 11.5. The number of rotatable bonds is 4. The third-order valence-electron chi connectivity index (χ3n) is 8.35. The molecule has 3 saturated carbocycles. The van der Waals surface area contributed by atoms with Crippen molar-refractivity contribution in [1.82, 2.24) is 20.2 Å². The smallest absolute Gasteiger partial charge is 0.162 e. The van der Waals surface area contributed by atoms with E-state index in [2.05, 4.69) is 22.3 Å². The second kappa shape index (κ2) is 8.78. The summed E-state index contributed by atoms with van der Waals surface area (Å²) in [6, 6.07) is 0. The van der Waals surface area contributed by atoms with Gasteiger partial charge in [-0.15, -0.1) is 10.2 Å². The minimum atomic E-state index is -1.08. The number of fused-ring (bicyclic) bond motifs is 3. The van der Waals surface area contributed by atoms with E-state index in [9.17, 15) is 14.3 Å². The van der Waals surface area contributed by atoms with Crippen LogP contribution in [0.25, 0.3) is 0 Å². The molecule has 4 rings (SSSR count). The average molecular weight is 407 g/mol. The number of carbonyl (C=O) groups is 1. The average Bonchev–Trinajstić information content (AvgIpc) is 3.24. The number of hydrogen-bond donors (Lipinski definition) is 1. The standard InChI is InChI=1S/C22H35FN4O2/c1-15-5-6-16(21(28)12-27-25-14-24-26-27)3-2-4-20-18(15)8-7-17-11-22(29,13-23)10-9-19(17)20/h14-20,29H,2-13H2,1H3. The number of tetrazole rings is 1. The molecule has 0 amide bonds. The lowest BCUT2D eigenvalue weighted by Crippen LogP contribution is -2.47. The minimum Gasteiger partial charge on any atom is -0.387 e. The summed E-state index contributed by atoms with van der Waals surface area (Å²) < 4.78 is 13.3. The van der Waals surface area contributed by atoms with Crippen molar-refractivity contribution in [3.05, 3.63) is 6.33 Å². The summed E-state index contributed by atoms with van der Waals surface area (Å²) >= 11 is 0. The van der Waals surface area contributed by atoms with Gasteiger partial charge in [0.15, 0.2) is 12.1 Å². The van der Waals surface area contributed by atoms with Gasteiger partial charge >= 0.3 is 0 Å². The maximum absolute atomic E-state index is 13.3. The number of ketones is 1. The van der Waals surface area contributed by atoms with Gasteiger partial charge in [0.2, 0.25) is 0 Å². The van der Waals surface area contributed by atoms with Gasteiger partial charge in [0, 0.05) is 5.92 Å². The summed E-state index contributed by atoms with van der Waals surface area (Å²) in [7, 11) is 0. The van der Waals surface area contributed by atoms with E-state index in [1.165, 1.54) is 17.5 Å². The molecule has 0 aliphatic heterocycles. The van der Waals surface area contributed by atoms with Crippen LogP contribution >= 0.6 is 0 Å². The molecule has 0 bridgehead atoms. The Balaban J connectivity index is 1.42.